The number of alkyl halides is 1. The zero-order chi connectivity index (χ0) is 22.4. The molecule has 0 bridgehead atoms. The molecule has 160 valence electrons. The van der Waals surface area contributed by atoms with Gasteiger partial charge in [0.2, 0.25) is 11.8 Å². The molecule has 0 saturated carbocycles. The molecule has 2 rings (SSSR count). The van der Waals surface area contributed by atoms with Crippen molar-refractivity contribution in [2.45, 2.75) is 25.7 Å². The zero-order valence-corrected chi connectivity index (χ0v) is 17.0. The topological polar surface area (TPSA) is 158 Å². The summed E-state index contributed by atoms with van der Waals surface area (Å²) in [6, 6.07) is 1.49. The summed E-state index contributed by atoms with van der Waals surface area (Å²) in [5, 5.41) is 19.1. The third-order valence-corrected chi connectivity index (χ3v) is 4.70. The quantitative estimate of drug-likeness (QED) is 0.327. The van der Waals surface area contributed by atoms with Gasteiger partial charge in [-0.25, -0.2) is 9.18 Å². The van der Waals surface area contributed by atoms with E-state index in [0.717, 1.165) is 12.8 Å². The molecular formula is C18H18Cl2FN5O4. The maximum absolute atomic E-state index is 12.3. The lowest BCUT2D eigenvalue weighted by Gasteiger charge is -2.20. The van der Waals surface area contributed by atoms with Crippen LogP contribution in [0, 0.1) is 10.8 Å². The Bertz CT molecular complexity index is 941. The Balaban J connectivity index is 2.16. The molecule has 0 aromatic heterocycles. The largest absolute Gasteiger partial charge is 0.436 e. The van der Waals surface area contributed by atoms with Gasteiger partial charge in [-0.3, -0.25) is 25.7 Å². The Labute approximate surface area is 180 Å². The van der Waals surface area contributed by atoms with Crippen LogP contribution in [0.2, 0.25) is 10.0 Å². The van der Waals surface area contributed by atoms with E-state index in [0.29, 0.717) is 24.0 Å². The molecule has 0 heterocycles. The molecule has 1 aromatic rings. The van der Waals surface area contributed by atoms with Gasteiger partial charge in [-0.05, 0) is 37.8 Å². The number of urea groups is 1. The van der Waals surface area contributed by atoms with Crippen LogP contribution >= 0.6 is 23.2 Å². The van der Waals surface area contributed by atoms with Crippen LogP contribution in [0.25, 0.3) is 0 Å². The van der Waals surface area contributed by atoms with Gasteiger partial charge in [0.1, 0.15) is 12.4 Å². The third kappa shape index (κ3) is 5.77. The Morgan fingerprint density at radius 1 is 1.10 bits per heavy atom. The standard InChI is InChI=1S/C18H18Cl2FN5O4/c19-11-5-8(25-18(29)26-17(28)13(22)7-21)6-12(20)14(11)30-16(24)10-4-2-1-3-9(10)15(23)27/h5-6,22,24H,1-4,7H2,(H2,23,27)(H2,25,26,28,29). The summed E-state index contributed by atoms with van der Waals surface area (Å²) in [6.07, 6.45) is 2.46. The average Bonchev–Trinajstić information content (AvgIpc) is 2.69. The SMILES string of the molecule is N=C(CF)C(=O)NC(=O)Nc1cc(Cl)c(OC(=N)C2=C(C(N)=O)CCCC2)c(Cl)c1. The van der Waals surface area contributed by atoms with E-state index in [4.69, 9.17) is 44.5 Å². The molecule has 0 spiro atoms. The summed E-state index contributed by atoms with van der Waals surface area (Å²) >= 11 is 12.3. The van der Waals surface area contributed by atoms with Gasteiger partial charge in [0, 0.05) is 16.8 Å². The summed E-state index contributed by atoms with van der Waals surface area (Å²) in [6.45, 7) is -1.32. The van der Waals surface area contributed by atoms with Crippen molar-refractivity contribution in [3.05, 3.63) is 33.3 Å². The molecule has 12 heteroatoms. The highest BCUT2D eigenvalue weighted by atomic mass is 35.5. The molecule has 30 heavy (non-hydrogen) atoms. The fraction of sp³-hybridized carbons (Fsp3) is 0.278. The van der Waals surface area contributed by atoms with E-state index in [9.17, 15) is 18.8 Å². The minimum atomic E-state index is -1.32. The van der Waals surface area contributed by atoms with Gasteiger partial charge in [-0.15, -0.1) is 0 Å². The number of hydrogen-bond donors (Lipinski definition) is 5. The normalized spacial score (nSPS) is 13.4. The average molecular weight is 458 g/mol. The van der Waals surface area contributed by atoms with Crippen LogP contribution in [0.3, 0.4) is 0 Å². The first-order valence-corrected chi connectivity index (χ1v) is 9.43. The summed E-state index contributed by atoms with van der Waals surface area (Å²) < 4.78 is 17.7. The molecule has 1 aliphatic carbocycles. The Morgan fingerprint density at radius 2 is 1.67 bits per heavy atom. The number of ether oxygens (including phenoxy) is 1. The van der Waals surface area contributed by atoms with Crippen LogP contribution in [-0.4, -0.2) is 36.1 Å². The van der Waals surface area contributed by atoms with Crippen LogP contribution < -0.4 is 21.1 Å². The molecule has 9 nitrogen and oxygen atoms in total. The first kappa shape index (κ1) is 23.3. The number of hydrogen-bond acceptors (Lipinski definition) is 6. The minimum absolute atomic E-state index is 0.0533. The van der Waals surface area contributed by atoms with Crippen LogP contribution in [0.15, 0.2) is 23.3 Å². The van der Waals surface area contributed by atoms with Crippen molar-refractivity contribution in [1.29, 1.82) is 10.8 Å². The Hall–Kier alpha value is -2.98. The number of imide groups is 1. The van der Waals surface area contributed by atoms with Crippen molar-refractivity contribution in [2.75, 3.05) is 12.0 Å². The third-order valence-electron chi connectivity index (χ3n) is 4.13. The van der Waals surface area contributed by atoms with Gasteiger partial charge in [-0.2, -0.15) is 0 Å². The second kappa shape index (κ2) is 10.2. The van der Waals surface area contributed by atoms with E-state index < -0.39 is 30.2 Å². The smallest absolute Gasteiger partial charge is 0.326 e. The van der Waals surface area contributed by atoms with Gasteiger partial charge in [-0.1, -0.05) is 23.2 Å². The van der Waals surface area contributed by atoms with Crippen molar-refractivity contribution in [3.8, 4) is 5.75 Å². The zero-order valence-electron chi connectivity index (χ0n) is 15.5. The molecule has 0 fully saturated rings. The van der Waals surface area contributed by atoms with Gasteiger partial charge in [0.05, 0.1) is 10.0 Å². The number of carbonyl (C=O) groups excluding carboxylic acids is 3. The van der Waals surface area contributed by atoms with Crippen LogP contribution in [-0.2, 0) is 9.59 Å². The number of anilines is 1. The molecule has 0 atom stereocenters. The predicted molar refractivity (Wildman–Crippen MR) is 110 cm³/mol. The van der Waals surface area contributed by atoms with E-state index in [2.05, 4.69) is 5.32 Å². The molecule has 0 saturated heterocycles. The maximum atomic E-state index is 12.3. The molecule has 6 N–H and O–H groups in total. The minimum Gasteiger partial charge on any atom is -0.436 e. The molecule has 0 radical (unpaired) electrons. The molecule has 1 aromatic carbocycles. The maximum Gasteiger partial charge on any atom is 0.326 e. The summed E-state index contributed by atoms with van der Waals surface area (Å²) in [7, 11) is 0. The predicted octanol–water partition coefficient (Wildman–Crippen LogP) is 3.34. The fourth-order valence-corrected chi connectivity index (χ4v) is 3.29. The second-order valence-electron chi connectivity index (χ2n) is 6.25. The van der Waals surface area contributed by atoms with Crippen LogP contribution in [0.1, 0.15) is 25.7 Å². The molecule has 0 unspecified atom stereocenters. The summed E-state index contributed by atoms with van der Waals surface area (Å²) in [4.78, 5) is 34.7. The number of halogens is 3. The molecular weight excluding hydrogens is 440 g/mol. The van der Waals surface area contributed by atoms with E-state index in [1.807, 2.05) is 0 Å². The lowest BCUT2D eigenvalue weighted by atomic mass is 9.91. The van der Waals surface area contributed by atoms with Crippen LogP contribution in [0.5, 0.6) is 5.75 Å². The van der Waals surface area contributed by atoms with Gasteiger partial charge >= 0.3 is 6.03 Å². The van der Waals surface area contributed by atoms with Crippen molar-refractivity contribution >= 4 is 58.3 Å². The lowest BCUT2D eigenvalue weighted by molar-refractivity contribution is -0.115. The highest BCUT2D eigenvalue weighted by Gasteiger charge is 2.23. The van der Waals surface area contributed by atoms with Crippen molar-refractivity contribution in [1.82, 2.24) is 5.32 Å². The number of nitrogens with two attached hydrogens (primary N) is 1. The number of carbonyl (C=O) groups is 3. The molecule has 4 amide bonds. The second-order valence-corrected chi connectivity index (χ2v) is 7.06. The lowest BCUT2D eigenvalue weighted by Crippen LogP contribution is -2.39. The monoisotopic (exact) mass is 457 g/mol. The number of rotatable bonds is 6. The van der Waals surface area contributed by atoms with Crippen molar-refractivity contribution in [2.24, 2.45) is 5.73 Å². The Kier molecular flexibility index (Phi) is 7.90. The van der Waals surface area contributed by atoms with Gasteiger partial charge in [0.25, 0.3) is 5.91 Å². The number of primary amides is 1. The molecule has 1 aliphatic rings. The first-order chi connectivity index (χ1) is 14.1. The van der Waals surface area contributed by atoms with E-state index >= 15 is 0 Å². The number of amides is 4. The number of benzene rings is 1. The first-order valence-electron chi connectivity index (χ1n) is 8.67. The van der Waals surface area contributed by atoms with Gasteiger partial charge < -0.3 is 15.8 Å². The van der Waals surface area contributed by atoms with Crippen LogP contribution in [0.4, 0.5) is 14.9 Å². The summed E-state index contributed by atoms with van der Waals surface area (Å²) in [5.74, 6) is -2.17. The van der Waals surface area contributed by atoms with E-state index in [1.54, 1.807) is 5.32 Å². The van der Waals surface area contributed by atoms with Gasteiger partial charge in [0.15, 0.2) is 5.75 Å². The fourth-order valence-electron chi connectivity index (χ4n) is 2.72. The van der Waals surface area contributed by atoms with Crippen molar-refractivity contribution < 1.29 is 23.5 Å². The van der Waals surface area contributed by atoms with E-state index in [1.165, 1.54) is 12.1 Å². The highest BCUT2D eigenvalue weighted by Crippen LogP contribution is 2.37. The van der Waals surface area contributed by atoms with Crippen molar-refractivity contribution in [3.63, 3.8) is 0 Å². The highest BCUT2D eigenvalue weighted by molar-refractivity contribution is 6.41. The number of nitrogens with one attached hydrogen (secondary N) is 4. The Morgan fingerprint density at radius 3 is 2.20 bits per heavy atom. The summed E-state index contributed by atoms with van der Waals surface area (Å²) in [5.41, 5.74) is 5.26. The van der Waals surface area contributed by atoms with E-state index in [-0.39, 0.29) is 27.4 Å². The molecule has 0 aliphatic heterocycles.